The van der Waals surface area contributed by atoms with Gasteiger partial charge in [-0.05, 0) is 29.8 Å². The van der Waals surface area contributed by atoms with E-state index in [-0.39, 0.29) is 18.4 Å². The minimum atomic E-state index is -0.453. The lowest BCUT2D eigenvalue weighted by Crippen LogP contribution is -2.44. The number of amides is 2. The molecule has 1 aliphatic rings. The fraction of sp³-hybridized carbons (Fsp3) is 0.120. The van der Waals surface area contributed by atoms with Crippen molar-refractivity contribution in [2.45, 2.75) is 10.9 Å². The lowest BCUT2D eigenvalue weighted by molar-refractivity contribution is -0.123. The first-order chi connectivity index (χ1) is 15.2. The second-order valence-corrected chi connectivity index (χ2v) is 8.35. The summed E-state index contributed by atoms with van der Waals surface area (Å²) in [7, 11) is 0. The number of nitrogens with zero attached hydrogens (tertiary/aromatic N) is 1. The van der Waals surface area contributed by atoms with Gasteiger partial charge in [0.25, 0.3) is 0 Å². The first kappa shape index (κ1) is 19.5. The highest BCUT2D eigenvalue weighted by atomic mass is 32.2. The number of fused-ring (bicyclic) bond motifs is 2. The molecule has 0 saturated heterocycles. The lowest BCUT2D eigenvalue weighted by atomic mass is 10.0. The van der Waals surface area contributed by atoms with Crippen molar-refractivity contribution in [1.29, 1.82) is 0 Å². The summed E-state index contributed by atoms with van der Waals surface area (Å²) in [6.07, 6.45) is 0. The molecule has 3 aromatic carbocycles. The average Bonchev–Trinajstić information content (AvgIpc) is 3.24. The summed E-state index contributed by atoms with van der Waals surface area (Å²) in [6.45, 7) is -0.0417. The molecule has 1 aliphatic heterocycles. The quantitative estimate of drug-likeness (QED) is 0.497. The zero-order valence-corrected chi connectivity index (χ0v) is 17.5. The molecule has 2 amide bonds. The Morgan fingerprint density at radius 1 is 1.00 bits per heavy atom. The SMILES string of the molecule is O=C(CN1C(=O)CSc2ccccc21)NC(c1ccccc1)c1cc2ccccc2o1. The summed E-state index contributed by atoms with van der Waals surface area (Å²) < 4.78 is 6.05. The van der Waals surface area contributed by atoms with Gasteiger partial charge >= 0.3 is 0 Å². The number of furan rings is 1. The number of carbonyl (C=O) groups is 2. The van der Waals surface area contributed by atoms with Gasteiger partial charge in [0, 0.05) is 10.3 Å². The normalized spacial score (nSPS) is 14.3. The van der Waals surface area contributed by atoms with Crippen molar-refractivity contribution >= 4 is 40.2 Å². The van der Waals surface area contributed by atoms with Crippen LogP contribution in [0.25, 0.3) is 11.0 Å². The Hall–Kier alpha value is -3.51. The maximum absolute atomic E-state index is 13.1. The molecule has 0 saturated carbocycles. The maximum atomic E-state index is 13.1. The molecule has 31 heavy (non-hydrogen) atoms. The van der Waals surface area contributed by atoms with Gasteiger partial charge in [0.1, 0.15) is 23.9 Å². The first-order valence-electron chi connectivity index (χ1n) is 10.0. The molecule has 154 valence electrons. The maximum Gasteiger partial charge on any atom is 0.240 e. The predicted molar refractivity (Wildman–Crippen MR) is 122 cm³/mol. The molecular weight excluding hydrogens is 408 g/mol. The minimum Gasteiger partial charge on any atom is -0.459 e. The molecule has 5 nitrogen and oxygen atoms in total. The molecule has 1 N–H and O–H groups in total. The van der Waals surface area contributed by atoms with E-state index in [4.69, 9.17) is 4.42 Å². The number of anilines is 1. The molecule has 1 unspecified atom stereocenters. The van der Waals surface area contributed by atoms with Gasteiger partial charge in [0.2, 0.25) is 11.8 Å². The van der Waals surface area contributed by atoms with Crippen LogP contribution in [0, 0.1) is 0 Å². The number of nitrogens with one attached hydrogen (secondary N) is 1. The highest BCUT2D eigenvalue weighted by Crippen LogP contribution is 2.35. The van der Waals surface area contributed by atoms with Gasteiger partial charge < -0.3 is 14.6 Å². The van der Waals surface area contributed by atoms with E-state index < -0.39 is 6.04 Å². The molecule has 0 bridgehead atoms. The number of para-hydroxylation sites is 2. The van der Waals surface area contributed by atoms with Crippen LogP contribution < -0.4 is 10.2 Å². The summed E-state index contributed by atoms with van der Waals surface area (Å²) in [5, 5.41) is 4.05. The Labute approximate surface area is 184 Å². The van der Waals surface area contributed by atoms with Crippen LogP contribution in [0.1, 0.15) is 17.4 Å². The van der Waals surface area contributed by atoms with E-state index in [0.29, 0.717) is 11.5 Å². The van der Waals surface area contributed by atoms with Crippen LogP contribution >= 0.6 is 11.8 Å². The van der Waals surface area contributed by atoms with Crippen LogP contribution in [0.15, 0.2) is 94.2 Å². The number of thioether (sulfide) groups is 1. The van der Waals surface area contributed by atoms with Gasteiger partial charge in [-0.15, -0.1) is 11.8 Å². The third-order valence-corrected chi connectivity index (χ3v) is 6.32. The highest BCUT2D eigenvalue weighted by molar-refractivity contribution is 8.00. The van der Waals surface area contributed by atoms with E-state index in [1.165, 1.54) is 11.8 Å². The van der Waals surface area contributed by atoms with Crippen molar-refractivity contribution in [3.05, 3.63) is 96.3 Å². The van der Waals surface area contributed by atoms with Crippen LogP contribution in [0.5, 0.6) is 0 Å². The summed E-state index contributed by atoms with van der Waals surface area (Å²) in [6, 6.07) is 26.6. The van der Waals surface area contributed by atoms with Crippen LogP contribution in [0.4, 0.5) is 5.69 Å². The van der Waals surface area contributed by atoms with Gasteiger partial charge in [0.05, 0.1) is 11.4 Å². The van der Waals surface area contributed by atoms with Crippen LogP contribution in [-0.2, 0) is 9.59 Å². The Kier molecular flexibility index (Phi) is 5.22. The summed E-state index contributed by atoms with van der Waals surface area (Å²) >= 11 is 1.50. The van der Waals surface area contributed by atoms with Crippen molar-refractivity contribution in [2.75, 3.05) is 17.2 Å². The topological polar surface area (TPSA) is 62.6 Å². The van der Waals surface area contributed by atoms with Gasteiger partial charge in [0.15, 0.2) is 0 Å². The molecule has 6 heteroatoms. The largest absolute Gasteiger partial charge is 0.459 e. The standard InChI is InChI=1S/C25H20N2O3S/c28-23(15-27-19-11-5-7-13-22(19)31-16-24(27)29)26-25(17-8-2-1-3-9-17)21-14-18-10-4-6-12-20(18)30-21/h1-14,25H,15-16H2,(H,26,28). The molecule has 0 fully saturated rings. The van der Waals surface area contributed by atoms with Crippen LogP contribution in [-0.4, -0.2) is 24.1 Å². The van der Waals surface area contributed by atoms with Crippen molar-refractivity contribution in [2.24, 2.45) is 0 Å². The second kappa shape index (κ2) is 8.32. The second-order valence-electron chi connectivity index (χ2n) is 7.33. The molecule has 2 heterocycles. The van der Waals surface area contributed by atoms with Crippen molar-refractivity contribution in [3.63, 3.8) is 0 Å². The fourth-order valence-electron chi connectivity index (χ4n) is 3.79. The van der Waals surface area contributed by atoms with Gasteiger partial charge in [-0.3, -0.25) is 9.59 Å². The third-order valence-electron chi connectivity index (χ3n) is 5.28. The number of rotatable bonds is 5. The Morgan fingerprint density at radius 2 is 1.74 bits per heavy atom. The van der Waals surface area contributed by atoms with Gasteiger partial charge in [-0.2, -0.15) is 0 Å². The molecule has 0 radical (unpaired) electrons. The molecule has 1 atom stereocenters. The van der Waals surface area contributed by atoms with Crippen LogP contribution in [0.2, 0.25) is 0 Å². The van der Waals surface area contributed by atoms with Gasteiger partial charge in [-0.1, -0.05) is 60.7 Å². The number of benzene rings is 3. The Bertz CT molecular complexity index is 1220. The van der Waals surface area contributed by atoms with Crippen molar-refractivity contribution in [3.8, 4) is 0 Å². The number of carbonyl (C=O) groups excluding carboxylic acids is 2. The Morgan fingerprint density at radius 3 is 2.58 bits per heavy atom. The molecule has 0 spiro atoms. The summed E-state index contributed by atoms with van der Waals surface area (Å²) in [4.78, 5) is 28.2. The zero-order chi connectivity index (χ0) is 21.2. The summed E-state index contributed by atoms with van der Waals surface area (Å²) in [5.74, 6) is 0.667. The Balaban J connectivity index is 1.43. The number of hydrogen-bond donors (Lipinski definition) is 1. The molecule has 1 aromatic heterocycles. The molecular formula is C25H20N2O3S. The minimum absolute atomic E-state index is 0.0417. The van der Waals surface area contributed by atoms with E-state index >= 15 is 0 Å². The lowest BCUT2D eigenvalue weighted by Gasteiger charge is -2.29. The van der Waals surface area contributed by atoms with E-state index in [0.717, 1.165) is 27.1 Å². The van der Waals surface area contributed by atoms with Crippen LogP contribution in [0.3, 0.4) is 0 Å². The van der Waals surface area contributed by atoms with E-state index in [1.807, 2.05) is 84.9 Å². The summed E-state index contributed by atoms with van der Waals surface area (Å²) in [5.41, 5.74) is 2.46. The zero-order valence-electron chi connectivity index (χ0n) is 16.7. The smallest absolute Gasteiger partial charge is 0.240 e. The number of hydrogen-bond acceptors (Lipinski definition) is 4. The van der Waals surface area contributed by atoms with E-state index in [1.54, 1.807) is 4.90 Å². The fourth-order valence-corrected chi connectivity index (χ4v) is 4.72. The molecule has 5 rings (SSSR count). The van der Waals surface area contributed by atoms with Crippen molar-refractivity contribution in [1.82, 2.24) is 5.32 Å². The van der Waals surface area contributed by atoms with E-state index in [2.05, 4.69) is 5.32 Å². The highest BCUT2D eigenvalue weighted by Gasteiger charge is 2.28. The monoisotopic (exact) mass is 428 g/mol. The first-order valence-corrected chi connectivity index (χ1v) is 11.0. The predicted octanol–water partition coefficient (Wildman–Crippen LogP) is 4.78. The average molecular weight is 429 g/mol. The van der Waals surface area contributed by atoms with E-state index in [9.17, 15) is 9.59 Å². The third kappa shape index (κ3) is 3.94. The molecule has 4 aromatic rings. The van der Waals surface area contributed by atoms with Gasteiger partial charge in [-0.25, -0.2) is 0 Å². The van der Waals surface area contributed by atoms with Crippen molar-refractivity contribution < 1.29 is 14.0 Å². The molecule has 0 aliphatic carbocycles.